The number of aromatic nitrogens is 4. The number of H-pyrrole nitrogens is 1. The van der Waals surface area contributed by atoms with Gasteiger partial charge in [0.05, 0.1) is 36.0 Å². The fourth-order valence-electron chi connectivity index (χ4n) is 3.68. The summed E-state index contributed by atoms with van der Waals surface area (Å²) < 4.78 is 64.9. The van der Waals surface area contributed by atoms with Crippen LogP contribution in [0.2, 0.25) is 5.02 Å². The Kier molecular flexibility index (Phi) is 6.77. The second-order valence-corrected chi connectivity index (χ2v) is 9.47. The van der Waals surface area contributed by atoms with Crippen molar-refractivity contribution in [3.8, 4) is 23.0 Å². The number of ether oxygens (including phenoxy) is 2. The van der Waals surface area contributed by atoms with E-state index in [4.69, 9.17) is 21.1 Å². The minimum absolute atomic E-state index is 0.0787. The van der Waals surface area contributed by atoms with Crippen LogP contribution in [0.1, 0.15) is 11.1 Å². The van der Waals surface area contributed by atoms with Crippen molar-refractivity contribution in [2.75, 3.05) is 18.9 Å². The highest BCUT2D eigenvalue weighted by Crippen LogP contribution is 2.38. The number of hydrogen-bond acceptors (Lipinski definition) is 7. The SMILES string of the molecule is COc1nc(NS(=O)(=O)c2c[nH]c3c(-c4ncccc4C)c(Cl)ccc23)nc(OC)c1CC(F)F. The van der Waals surface area contributed by atoms with Gasteiger partial charge in [0.2, 0.25) is 24.1 Å². The molecule has 1 aromatic carbocycles. The van der Waals surface area contributed by atoms with Gasteiger partial charge in [-0.25, -0.2) is 21.9 Å². The summed E-state index contributed by atoms with van der Waals surface area (Å²) in [6.07, 6.45) is -0.502. The summed E-state index contributed by atoms with van der Waals surface area (Å²) in [7, 11) is -1.79. The molecule has 13 heteroatoms. The van der Waals surface area contributed by atoms with Crippen molar-refractivity contribution in [1.29, 1.82) is 0 Å². The average Bonchev–Trinajstić information content (AvgIpc) is 3.25. The first-order chi connectivity index (χ1) is 16.7. The number of nitrogens with zero attached hydrogens (tertiary/aromatic N) is 3. The van der Waals surface area contributed by atoms with E-state index < -0.39 is 28.8 Å². The molecule has 184 valence electrons. The summed E-state index contributed by atoms with van der Waals surface area (Å²) in [4.78, 5) is 15.2. The number of alkyl halides is 2. The first kappa shape index (κ1) is 24.6. The van der Waals surface area contributed by atoms with Crippen LogP contribution in [0, 0.1) is 6.92 Å². The largest absolute Gasteiger partial charge is 0.481 e. The number of sulfonamides is 1. The number of fused-ring (bicyclic) bond motifs is 1. The second-order valence-electron chi connectivity index (χ2n) is 7.41. The Morgan fingerprint density at radius 3 is 2.43 bits per heavy atom. The highest BCUT2D eigenvalue weighted by Gasteiger charge is 2.26. The Balaban J connectivity index is 1.79. The third-order valence-corrected chi connectivity index (χ3v) is 6.89. The van der Waals surface area contributed by atoms with Crippen molar-refractivity contribution in [2.24, 2.45) is 0 Å². The standard InChI is InChI=1S/C22H20ClF2N5O4S/c1-11-5-4-8-26-18(11)17-14(23)7-6-12-15(10-27-19(12)17)35(31,32)30-22-28-20(33-2)13(9-16(24)25)21(29-22)34-3/h4-8,10,16,27H,9H2,1-3H3,(H,28,29,30). The summed E-state index contributed by atoms with van der Waals surface area (Å²) in [5.41, 5.74) is 2.41. The third kappa shape index (κ3) is 4.71. The normalized spacial score (nSPS) is 11.7. The fourth-order valence-corrected chi connectivity index (χ4v) is 5.04. The van der Waals surface area contributed by atoms with E-state index in [-0.39, 0.29) is 22.2 Å². The van der Waals surface area contributed by atoms with Crippen molar-refractivity contribution < 1.29 is 26.7 Å². The molecule has 0 saturated carbocycles. The van der Waals surface area contributed by atoms with E-state index >= 15 is 0 Å². The summed E-state index contributed by atoms with van der Waals surface area (Å²) in [6.45, 7) is 1.87. The lowest BCUT2D eigenvalue weighted by Crippen LogP contribution is -2.16. The fraction of sp³-hybridized carbons (Fsp3) is 0.227. The van der Waals surface area contributed by atoms with Gasteiger partial charge < -0.3 is 14.5 Å². The first-order valence-electron chi connectivity index (χ1n) is 10.2. The second kappa shape index (κ2) is 9.62. The quantitative estimate of drug-likeness (QED) is 0.346. The van der Waals surface area contributed by atoms with E-state index in [1.165, 1.54) is 20.4 Å². The molecular weight excluding hydrogens is 504 g/mol. The first-order valence-corrected chi connectivity index (χ1v) is 12.0. The van der Waals surface area contributed by atoms with Gasteiger partial charge in [0.15, 0.2) is 0 Å². The number of aryl methyl sites for hydroxylation is 1. The molecule has 2 N–H and O–H groups in total. The number of benzene rings is 1. The molecule has 0 aliphatic carbocycles. The van der Waals surface area contributed by atoms with Gasteiger partial charge in [-0.1, -0.05) is 17.7 Å². The molecule has 0 aliphatic heterocycles. The maximum atomic E-state index is 13.3. The number of anilines is 1. The van der Waals surface area contributed by atoms with Crippen LogP contribution in [0.4, 0.5) is 14.7 Å². The van der Waals surface area contributed by atoms with Crippen LogP contribution in [0.15, 0.2) is 41.6 Å². The lowest BCUT2D eigenvalue weighted by atomic mass is 10.0. The van der Waals surface area contributed by atoms with Crippen molar-refractivity contribution in [3.05, 3.63) is 52.8 Å². The van der Waals surface area contributed by atoms with Crippen LogP contribution in [-0.4, -0.2) is 49.0 Å². The average molecular weight is 524 g/mol. The summed E-state index contributed by atoms with van der Waals surface area (Å²) in [5, 5.41) is 0.751. The Hall–Kier alpha value is -3.51. The number of halogens is 3. The molecule has 4 aromatic rings. The Morgan fingerprint density at radius 1 is 1.14 bits per heavy atom. The van der Waals surface area contributed by atoms with E-state index in [1.807, 2.05) is 13.0 Å². The van der Waals surface area contributed by atoms with Crippen LogP contribution >= 0.6 is 11.6 Å². The zero-order chi connectivity index (χ0) is 25.3. The highest BCUT2D eigenvalue weighted by molar-refractivity contribution is 7.93. The van der Waals surface area contributed by atoms with Crippen molar-refractivity contribution >= 4 is 38.5 Å². The number of aromatic amines is 1. The summed E-state index contributed by atoms with van der Waals surface area (Å²) >= 11 is 6.45. The van der Waals surface area contributed by atoms with E-state index in [0.29, 0.717) is 27.2 Å². The molecule has 35 heavy (non-hydrogen) atoms. The molecule has 0 atom stereocenters. The van der Waals surface area contributed by atoms with Gasteiger partial charge in [-0.3, -0.25) is 4.98 Å². The monoisotopic (exact) mass is 523 g/mol. The molecule has 3 heterocycles. The van der Waals surface area contributed by atoms with Gasteiger partial charge in [0, 0.05) is 29.8 Å². The molecule has 0 aliphatic rings. The number of nitrogens with one attached hydrogen (secondary N) is 2. The lowest BCUT2D eigenvalue weighted by Gasteiger charge is -2.14. The highest BCUT2D eigenvalue weighted by atomic mass is 35.5. The predicted octanol–water partition coefficient (Wildman–Crippen LogP) is 4.61. The van der Waals surface area contributed by atoms with E-state index in [9.17, 15) is 17.2 Å². The summed E-state index contributed by atoms with van der Waals surface area (Å²) in [6, 6.07) is 6.81. The van der Waals surface area contributed by atoms with E-state index in [1.54, 1.807) is 24.4 Å². The zero-order valence-corrected chi connectivity index (χ0v) is 20.3. The molecule has 0 saturated heterocycles. The van der Waals surface area contributed by atoms with Gasteiger partial charge in [-0.05, 0) is 30.7 Å². The van der Waals surface area contributed by atoms with Gasteiger partial charge >= 0.3 is 0 Å². The molecule has 0 bridgehead atoms. The topological polar surface area (TPSA) is 119 Å². The van der Waals surface area contributed by atoms with Crippen LogP contribution in [0.5, 0.6) is 11.8 Å². The number of methoxy groups -OCH3 is 2. The maximum Gasteiger partial charge on any atom is 0.266 e. The minimum atomic E-state index is -4.23. The summed E-state index contributed by atoms with van der Waals surface area (Å²) in [5.74, 6) is -0.859. The molecule has 9 nitrogen and oxygen atoms in total. The molecular formula is C22H20ClF2N5O4S. The van der Waals surface area contributed by atoms with E-state index in [0.717, 1.165) is 5.56 Å². The number of rotatable bonds is 8. The Labute approximate surface area is 204 Å². The number of hydrogen-bond donors (Lipinski definition) is 2. The van der Waals surface area contributed by atoms with Crippen molar-refractivity contribution in [1.82, 2.24) is 19.9 Å². The Morgan fingerprint density at radius 2 is 1.83 bits per heavy atom. The minimum Gasteiger partial charge on any atom is -0.481 e. The van der Waals surface area contributed by atoms with Gasteiger partial charge in [-0.2, -0.15) is 9.97 Å². The van der Waals surface area contributed by atoms with Crippen LogP contribution < -0.4 is 14.2 Å². The molecule has 0 unspecified atom stereocenters. The molecule has 4 rings (SSSR count). The molecule has 3 aromatic heterocycles. The van der Waals surface area contributed by atoms with Crippen LogP contribution in [0.3, 0.4) is 0 Å². The predicted molar refractivity (Wildman–Crippen MR) is 127 cm³/mol. The molecule has 0 spiro atoms. The number of pyridine rings is 1. The van der Waals surface area contributed by atoms with Gasteiger partial charge in [-0.15, -0.1) is 0 Å². The molecule has 0 fully saturated rings. The zero-order valence-electron chi connectivity index (χ0n) is 18.8. The van der Waals surface area contributed by atoms with Crippen molar-refractivity contribution in [3.63, 3.8) is 0 Å². The van der Waals surface area contributed by atoms with E-state index in [2.05, 4.69) is 24.7 Å². The van der Waals surface area contributed by atoms with Crippen LogP contribution in [0.25, 0.3) is 22.2 Å². The maximum absolute atomic E-state index is 13.3. The van der Waals surface area contributed by atoms with Gasteiger partial charge in [0.25, 0.3) is 10.0 Å². The Bertz CT molecular complexity index is 1490. The van der Waals surface area contributed by atoms with Crippen molar-refractivity contribution in [2.45, 2.75) is 24.7 Å². The molecule has 0 radical (unpaired) electrons. The lowest BCUT2D eigenvalue weighted by molar-refractivity contribution is 0.146. The van der Waals surface area contributed by atoms with Gasteiger partial charge in [0.1, 0.15) is 4.90 Å². The molecule has 0 amide bonds. The van der Waals surface area contributed by atoms with Crippen LogP contribution in [-0.2, 0) is 16.4 Å². The third-order valence-electron chi connectivity index (χ3n) is 5.21. The smallest absolute Gasteiger partial charge is 0.266 e.